The number of piperidine rings is 1. The van der Waals surface area contributed by atoms with E-state index in [2.05, 4.69) is 10.6 Å². The maximum atomic E-state index is 13.2. The topological polar surface area (TPSA) is 94.9 Å². The van der Waals surface area contributed by atoms with E-state index in [-0.39, 0.29) is 43.3 Å². The Labute approximate surface area is 173 Å². The molecule has 2 aliphatic heterocycles. The summed E-state index contributed by atoms with van der Waals surface area (Å²) in [6, 6.07) is 7.68. The predicted octanol–water partition coefficient (Wildman–Crippen LogP) is 1.62. The van der Waals surface area contributed by atoms with Crippen molar-refractivity contribution >= 4 is 17.8 Å². The van der Waals surface area contributed by atoms with Crippen molar-refractivity contribution in [1.29, 1.82) is 0 Å². The number of fused-ring (bicyclic) bond motifs is 1. The fourth-order valence-electron chi connectivity index (χ4n) is 3.93. The molecule has 30 heavy (non-hydrogen) atoms. The molecule has 0 bridgehead atoms. The molecular weight excluding hydrogens is 391 g/mol. The summed E-state index contributed by atoms with van der Waals surface area (Å²) in [6.07, 6.45) is 2.97. The van der Waals surface area contributed by atoms with Crippen LogP contribution in [0.2, 0.25) is 0 Å². The number of amides is 4. The first-order valence-corrected chi connectivity index (χ1v) is 9.92. The van der Waals surface area contributed by atoms with E-state index >= 15 is 0 Å². The van der Waals surface area contributed by atoms with Crippen LogP contribution in [-0.4, -0.2) is 52.8 Å². The minimum atomic E-state index is -0.560. The third kappa shape index (κ3) is 4.20. The van der Waals surface area contributed by atoms with E-state index in [0.29, 0.717) is 24.3 Å². The maximum absolute atomic E-state index is 13.2. The fraction of sp³-hybridized carbons (Fsp3) is 0.381. The molecule has 2 aromatic rings. The molecule has 9 heteroatoms. The van der Waals surface area contributed by atoms with Gasteiger partial charge in [-0.1, -0.05) is 12.1 Å². The van der Waals surface area contributed by atoms with Crippen molar-refractivity contribution in [1.82, 2.24) is 20.4 Å². The molecule has 4 rings (SSSR count). The third-order valence-electron chi connectivity index (χ3n) is 5.44. The van der Waals surface area contributed by atoms with E-state index in [0.717, 1.165) is 11.3 Å². The Morgan fingerprint density at radius 2 is 2.03 bits per heavy atom. The Balaban J connectivity index is 1.49. The van der Waals surface area contributed by atoms with Crippen molar-refractivity contribution in [3.8, 4) is 0 Å². The number of nitrogens with zero attached hydrogens (tertiary/aromatic N) is 2. The van der Waals surface area contributed by atoms with E-state index < -0.39 is 12.1 Å². The first kappa shape index (κ1) is 20.1. The normalized spacial score (nSPS) is 21.5. The summed E-state index contributed by atoms with van der Waals surface area (Å²) >= 11 is 0. The lowest BCUT2D eigenvalue weighted by Gasteiger charge is -2.46. The van der Waals surface area contributed by atoms with Crippen LogP contribution in [0.5, 0.6) is 0 Å². The molecule has 2 saturated heterocycles. The molecular formula is C21H23FN4O4. The average Bonchev–Trinajstić information content (AvgIpc) is 3.28. The van der Waals surface area contributed by atoms with E-state index in [4.69, 9.17) is 4.42 Å². The molecule has 2 unspecified atom stereocenters. The van der Waals surface area contributed by atoms with Crippen LogP contribution < -0.4 is 10.6 Å². The number of furan rings is 1. The number of urea groups is 1. The second-order valence-electron chi connectivity index (χ2n) is 7.46. The van der Waals surface area contributed by atoms with Gasteiger partial charge in [0.05, 0.1) is 25.4 Å². The standard InChI is InChI=1S/C21H23FN4O4/c22-15-7-5-14(6-8-15)12-26-20(28)19-17(4-1-9-23-19)25(21(26)29)13-18(27)24-11-16-3-2-10-30-16/h2-3,5-8,10,17,19,23H,1,4,9,11-13H2,(H,24,27). The smallest absolute Gasteiger partial charge is 0.327 e. The van der Waals surface area contributed by atoms with Crippen molar-refractivity contribution in [2.45, 2.75) is 38.0 Å². The first-order valence-electron chi connectivity index (χ1n) is 9.92. The van der Waals surface area contributed by atoms with E-state index in [1.54, 1.807) is 12.1 Å². The monoisotopic (exact) mass is 414 g/mol. The van der Waals surface area contributed by atoms with Crippen LogP contribution in [0.3, 0.4) is 0 Å². The minimum absolute atomic E-state index is 0.0212. The number of benzene rings is 1. The number of carbonyl (C=O) groups excluding carboxylic acids is 3. The summed E-state index contributed by atoms with van der Waals surface area (Å²) < 4.78 is 18.4. The Bertz CT molecular complexity index is 916. The summed E-state index contributed by atoms with van der Waals surface area (Å²) in [5.41, 5.74) is 0.634. The van der Waals surface area contributed by atoms with Gasteiger partial charge in [-0.2, -0.15) is 0 Å². The average molecular weight is 414 g/mol. The molecule has 2 atom stereocenters. The van der Waals surface area contributed by atoms with Crippen molar-refractivity contribution < 1.29 is 23.2 Å². The number of nitrogens with one attached hydrogen (secondary N) is 2. The van der Waals surface area contributed by atoms with Gasteiger partial charge in [-0.3, -0.25) is 14.5 Å². The zero-order chi connectivity index (χ0) is 21.1. The van der Waals surface area contributed by atoms with Crippen LogP contribution in [-0.2, 0) is 22.7 Å². The van der Waals surface area contributed by atoms with Crippen LogP contribution >= 0.6 is 0 Å². The van der Waals surface area contributed by atoms with Gasteiger partial charge in [0, 0.05) is 0 Å². The SMILES string of the molecule is O=C(CN1C(=O)N(Cc2ccc(F)cc2)C(=O)C2NCCCC21)NCc1ccco1. The molecule has 4 amide bonds. The van der Waals surface area contributed by atoms with E-state index in [1.807, 2.05) is 0 Å². The molecule has 2 fully saturated rings. The van der Waals surface area contributed by atoms with Gasteiger partial charge in [0.2, 0.25) is 11.8 Å². The van der Waals surface area contributed by atoms with Crippen molar-refractivity contribution in [2.75, 3.05) is 13.1 Å². The molecule has 0 saturated carbocycles. The number of hydrogen-bond acceptors (Lipinski definition) is 5. The molecule has 0 radical (unpaired) electrons. The molecule has 1 aromatic heterocycles. The molecule has 3 heterocycles. The molecule has 1 aromatic carbocycles. The summed E-state index contributed by atoms with van der Waals surface area (Å²) in [4.78, 5) is 41.2. The number of halogens is 1. The van der Waals surface area contributed by atoms with E-state index in [9.17, 15) is 18.8 Å². The van der Waals surface area contributed by atoms with Gasteiger partial charge in [0.25, 0.3) is 0 Å². The third-order valence-corrected chi connectivity index (χ3v) is 5.44. The zero-order valence-corrected chi connectivity index (χ0v) is 16.3. The predicted molar refractivity (Wildman–Crippen MR) is 104 cm³/mol. The van der Waals surface area contributed by atoms with Crippen LogP contribution in [0, 0.1) is 5.82 Å². The van der Waals surface area contributed by atoms with E-state index in [1.165, 1.54) is 35.4 Å². The van der Waals surface area contributed by atoms with Gasteiger partial charge >= 0.3 is 6.03 Å². The highest BCUT2D eigenvalue weighted by Gasteiger charge is 2.47. The van der Waals surface area contributed by atoms with Gasteiger partial charge in [-0.05, 0) is 49.2 Å². The van der Waals surface area contributed by atoms with Crippen molar-refractivity contribution in [3.05, 3.63) is 59.8 Å². The highest BCUT2D eigenvalue weighted by atomic mass is 19.1. The molecule has 158 valence electrons. The maximum Gasteiger partial charge on any atom is 0.327 e. The Morgan fingerprint density at radius 3 is 2.77 bits per heavy atom. The summed E-state index contributed by atoms with van der Waals surface area (Å²) in [7, 11) is 0. The number of carbonyl (C=O) groups is 3. The van der Waals surface area contributed by atoms with Crippen molar-refractivity contribution in [3.63, 3.8) is 0 Å². The minimum Gasteiger partial charge on any atom is -0.467 e. The molecule has 2 aliphatic rings. The van der Waals surface area contributed by atoms with Gasteiger partial charge < -0.3 is 20.0 Å². The number of rotatable bonds is 6. The van der Waals surface area contributed by atoms with Gasteiger partial charge in [-0.25, -0.2) is 9.18 Å². The summed E-state index contributed by atoms with van der Waals surface area (Å²) in [5, 5.41) is 5.92. The van der Waals surface area contributed by atoms with Gasteiger partial charge in [-0.15, -0.1) is 0 Å². The van der Waals surface area contributed by atoms with Crippen LogP contribution in [0.15, 0.2) is 47.1 Å². The summed E-state index contributed by atoms with van der Waals surface area (Å²) in [5.74, 6) is -0.431. The molecule has 8 nitrogen and oxygen atoms in total. The Hall–Kier alpha value is -3.20. The van der Waals surface area contributed by atoms with Gasteiger partial charge in [0.15, 0.2) is 0 Å². The second kappa shape index (κ2) is 8.66. The number of hydrogen-bond donors (Lipinski definition) is 2. The molecule has 0 spiro atoms. The Morgan fingerprint density at radius 1 is 1.23 bits per heavy atom. The lowest BCUT2D eigenvalue weighted by atomic mass is 9.93. The number of imide groups is 1. The first-order chi connectivity index (χ1) is 14.5. The second-order valence-corrected chi connectivity index (χ2v) is 7.46. The quantitative estimate of drug-likeness (QED) is 0.749. The highest BCUT2D eigenvalue weighted by molar-refractivity contribution is 6.01. The lowest BCUT2D eigenvalue weighted by Crippen LogP contribution is -2.70. The van der Waals surface area contributed by atoms with Gasteiger partial charge in [0.1, 0.15) is 24.2 Å². The summed E-state index contributed by atoms with van der Waals surface area (Å²) in [6.45, 7) is 0.755. The zero-order valence-electron chi connectivity index (χ0n) is 16.3. The van der Waals surface area contributed by atoms with Crippen LogP contribution in [0.1, 0.15) is 24.2 Å². The van der Waals surface area contributed by atoms with Crippen LogP contribution in [0.25, 0.3) is 0 Å². The molecule has 2 N–H and O–H groups in total. The largest absolute Gasteiger partial charge is 0.467 e. The Kier molecular flexibility index (Phi) is 5.80. The van der Waals surface area contributed by atoms with Crippen LogP contribution in [0.4, 0.5) is 9.18 Å². The fourth-order valence-corrected chi connectivity index (χ4v) is 3.93. The molecule has 0 aliphatic carbocycles. The lowest BCUT2D eigenvalue weighted by molar-refractivity contribution is -0.139. The highest BCUT2D eigenvalue weighted by Crippen LogP contribution is 2.25. The van der Waals surface area contributed by atoms with Crippen molar-refractivity contribution in [2.24, 2.45) is 0 Å².